The molecule has 15 heavy (non-hydrogen) atoms. The maximum Gasteiger partial charge on any atom is 0.223 e. The van der Waals surface area contributed by atoms with Crippen molar-refractivity contribution in [2.75, 3.05) is 19.7 Å². The van der Waals surface area contributed by atoms with Gasteiger partial charge in [-0.3, -0.25) is 0 Å². The van der Waals surface area contributed by atoms with Gasteiger partial charge in [-0.25, -0.2) is 0 Å². The van der Waals surface area contributed by atoms with Gasteiger partial charge in [-0.15, -0.1) is 0 Å². The highest BCUT2D eigenvalue weighted by atomic mass is 16.5. The Bertz CT molecular complexity index is 297. The molecule has 1 aromatic rings. The van der Waals surface area contributed by atoms with Gasteiger partial charge in [0.2, 0.25) is 5.89 Å². The molecule has 0 amide bonds. The van der Waals surface area contributed by atoms with E-state index in [9.17, 15) is 0 Å². The van der Waals surface area contributed by atoms with Crippen LogP contribution in [0.1, 0.15) is 25.6 Å². The Balaban J connectivity index is 2.17. The molecule has 1 aromatic heterocycles. The lowest BCUT2D eigenvalue weighted by molar-refractivity contribution is 0.157. The summed E-state index contributed by atoms with van der Waals surface area (Å²) < 4.78 is 4.85. The van der Waals surface area contributed by atoms with Crippen LogP contribution < -0.4 is 5.32 Å². The lowest BCUT2D eigenvalue weighted by atomic mass is 9.95. The van der Waals surface area contributed by atoms with E-state index in [-0.39, 0.29) is 12.0 Å². The molecular formula is C10H19N3O2. The second-order valence-corrected chi connectivity index (χ2v) is 4.48. The van der Waals surface area contributed by atoms with Crippen LogP contribution in [0, 0.1) is 12.3 Å². The molecule has 0 aromatic carbocycles. The third-order valence-corrected chi connectivity index (χ3v) is 2.13. The van der Waals surface area contributed by atoms with Crippen LogP contribution in [-0.2, 0) is 6.42 Å². The van der Waals surface area contributed by atoms with E-state index in [0.29, 0.717) is 5.89 Å². The van der Waals surface area contributed by atoms with Gasteiger partial charge in [0.1, 0.15) is 0 Å². The van der Waals surface area contributed by atoms with E-state index in [1.165, 1.54) is 0 Å². The summed E-state index contributed by atoms with van der Waals surface area (Å²) in [6.07, 6.45) is 0.749. The fraction of sp³-hybridized carbons (Fsp3) is 0.800. The Kier molecular flexibility index (Phi) is 4.23. The first-order valence-corrected chi connectivity index (χ1v) is 5.14. The highest BCUT2D eigenvalue weighted by molar-refractivity contribution is 4.84. The highest BCUT2D eigenvalue weighted by Crippen LogP contribution is 2.10. The minimum absolute atomic E-state index is 0.0762. The first-order valence-electron chi connectivity index (χ1n) is 5.14. The average Bonchev–Trinajstić information content (AvgIpc) is 2.59. The minimum Gasteiger partial charge on any atom is -0.396 e. The van der Waals surface area contributed by atoms with Gasteiger partial charge >= 0.3 is 0 Å². The Morgan fingerprint density at radius 3 is 2.73 bits per heavy atom. The van der Waals surface area contributed by atoms with Crippen molar-refractivity contribution in [1.29, 1.82) is 0 Å². The molecule has 1 rings (SSSR count). The lowest BCUT2D eigenvalue weighted by Crippen LogP contribution is -2.33. The average molecular weight is 213 g/mol. The molecule has 5 nitrogen and oxygen atoms in total. The number of rotatable bonds is 6. The number of aryl methyl sites for hydroxylation is 1. The van der Waals surface area contributed by atoms with Crippen molar-refractivity contribution in [3.63, 3.8) is 0 Å². The molecule has 1 heterocycles. The Morgan fingerprint density at radius 2 is 2.20 bits per heavy atom. The molecule has 0 aliphatic carbocycles. The Hall–Kier alpha value is -0.940. The number of nitrogens with zero attached hydrogens (tertiary/aromatic N) is 2. The summed E-state index contributed by atoms with van der Waals surface area (Å²) in [4.78, 5) is 4.10. The van der Waals surface area contributed by atoms with Gasteiger partial charge in [0.05, 0.1) is 0 Å². The zero-order valence-corrected chi connectivity index (χ0v) is 9.58. The monoisotopic (exact) mass is 213 g/mol. The standard InChI is InChI=1S/C10H19N3O2/c1-8-12-9(13-15-8)4-5-11-6-10(2,3)7-14/h11,14H,4-7H2,1-3H3. The van der Waals surface area contributed by atoms with E-state index in [1.807, 2.05) is 13.8 Å². The summed E-state index contributed by atoms with van der Waals surface area (Å²) in [5, 5.41) is 16.1. The largest absolute Gasteiger partial charge is 0.396 e. The summed E-state index contributed by atoms with van der Waals surface area (Å²) in [6.45, 7) is 7.56. The molecule has 86 valence electrons. The van der Waals surface area contributed by atoms with E-state index in [0.717, 1.165) is 25.3 Å². The fourth-order valence-corrected chi connectivity index (χ4v) is 1.13. The maximum absolute atomic E-state index is 9.03. The predicted molar refractivity (Wildman–Crippen MR) is 56.5 cm³/mol. The molecule has 0 unspecified atom stereocenters. The third kappa shape index (κ3) is 4.40. The van der Waals surface area contributed by atoms with Crippen LogP contribution in [0.3, 0.4) is 0 Å². The Labute approximate surface area is 89.9 Å². The zero-order valence-electron chi connectivity index (χ0n) is 9.58. The number of hydrogen-bond acceptors (Lipinski definition) is 5. The van der Waals surface area contributed by atoms with E-state index in [1.54, 1.807) is 6.92 Å². The van der Waals surface area contributed by atoms with Crippen molar-refractivity contribution in [3.8, 4) is 0 Å². The van der Waals surface area contributed by atoms with Gasteiger partial charge in [0.15, 0.2) is 5.82 Å². The molecule has 5 heteroatoms. The summed E-state index contributed by atoms with van der Waals surface area (Å²) in [5.74, 6) is 1.32. The summed E-state index contributed by atoms with van der Waals surface area (Å²) in [6, 6.07) is 0. The molecular weight excluding hydrogens is 194 g/mol. The van der Waals surface area contributed by atoms with Crippen LogP contribution in [0.25, 0.3) is 0 Å². The zero-order chi connectivity index (χ0) is 11.3. The minimum atomic E-state index is -0.0762. The summed E-state index contributed by atoms with van der Waals surface area (Å²) >= 11 is 0. The van der Waals surface area contributed by atoms with E-state index in [2.05, 4.69) is 15.5 Å². The molecule has 0 fully saturated rings. The SMILES string of the molecule is Cc1nc(CCNCC(C)(C)CO)no1. The van der Waals surface area contributed by atoms with Crippen LogP contribution in [0.4, 0.5) is 0 Å². The fourth-order valence-electron chi connectivity index (χ4n) is 1.13. The van der Waals surface area contributed by atoms with Crippen molar-refractivity contribution in [1.82, 2.24) is 15.5 Å². The van der Waals surface area contributed by atoms with Gasteiger partial charge in [0.25, 0.3) is 0 Å². The van der Waals surface area contributed by atoms with E-state index < -0.39 is 0 Å². The van der Waals surface area contributed by atoms with Gasteiger partial charge in [-0.05, 0) is 0 Å². The number of hydrogen-bond donors (Lipinski definition) is 2. The van der Waals surface area contributed by atoms with Gasteiger partial charge in [-0.2, -0.15) is 4.98 Å². The molecule has 0 spiro atoms. The first kappa shape index (κ1) is 12.1. The van der Waals surface area contributed by atoms with Crippen molar-refractivity contribution < 1.29 is 9.63 Å². The van der Waals surface area contributed by atoms with Gasteiger partial charge in [0, 0.05) is 38.5 Å². The number of aliphatic hydroxyl groups excluding tert-OH is 1. The molecule has 0 saturated carbocycles. The molecule has 0 bridgehead atoms. The van der Waals surface area contributed by atoms with Crippen LogP contribution in [0.2, 0.25) is 0 Å². The lowest BCUT2D eigenvalue weighted by Gasteiger charge is -2.21. The predicted octanol–water partition coefficient (Wildman–Crippen LogP) is 0.529. The van der Waals surface area contributed by atoms with Crippen molar-refractivity contribution in [2.45, 2.75) is 27.2 Å². The summed E-state index contributed by atoms with van der Waals surface area (Å²) in [7, 11) is 0. The third-order valence-electron chi connectivity index (χ3n) is 2.13. The van der Waals surface area contributed by atoms with Crippen LogP contribution >= 0.6 is 0 Å². The highest BCUT2D eigenvalue weighted by Gasteiger charge is 2.15. The number of aromatic nitrogens is 2. The van der Waals surface area contributed by atoms with Gasteiger partial charge in [-0.1, -0.05) is 19.0 Å². The smallest absolute Gasteiger partial charge is 0.223 e. The van der Waals surface area contributed by atoms with Crippen molar-refractivity contribution >= 4 is 0 Å². The van der Waals surface area contributed by atoms with Gasteiger partial charge < -0.3 is 14.9 Å². The van der Waals surface area contributed by atoms with Crippen LogP contribution in [0.5, 0.6) is 0 Å². The van der Waals surface area contributed by atoms with Crippen molar-refractivity contribution in [2.24, 2.45) is 5.41 Å². The molecule has 0 saturated heterocycles. The molecule has 0 aliphatic heterocycles. The van der Waals surface area contributed by atoms with Crippen LogP contribution in [-0.4, -0.2) is 34.9 Å². The normalized spacial score (nSPS) is 12.0. The van der Waals surface area contributed by atoms with Crippen molar-refractivity contribution in [3.05, 3.63) is 11.7 Å². The van der Waals surface area contributed by atoms with Crippen LogP contribution in [0.15, 0.2) is 4.52 Å². The molecule has 0 radical (unpaired) electrons. The van der Waals surface area contributed by atoms with E-state index >= 15 is 0 Å². The molecule has 2 N–H and O–H groups in total. The maximum atomic E-state index is 9.03. The molecule has 0 aliphatic rings. The second kappa shape index (κ2) is 5.23. The first-order chi connectivity index (χ1) is 7.03. The summed E-state index contributed by atoms with van der Waals surface area (Å²) in [5.41, 5.74) is -0.0762. The quantitative estimate of drug-likeness (QED) is 0.674. The van der Waals surface area contributed by atoms with E-state index in [4.69, 9.17) is 9.63 Å². The number of nitrogens with one attached hydrogen (secondary N) is 1. The Morgan fingerprint density at radius 1 is 1.47 bits per heavy atom. The number of aliphatic hydroxyl groups is 1. The second-order valence-electron chi connectivity index (χ2n) is 4.48. The topological polar surface area (TPSA) is 71.2 Å². The molecule has 0 atom stereocenters.